The summed E-state index contributed by atoms with van der Waals surface area (Å²) in [7, 11) is 0. The van der Waals surface area contributed by atoms with Crippen LogP contribution in [0.5, 0.6) is 0 Å². The summed E-state index contributed by atoms with van der Waals surface area (Å²) in [6.07, 6.45) is 1.50. The van der Waals surface area contributed by atoms with Crippen molar-refractivity contribution in [1.82, 2.24) is 15.0 Å². The molecule has 7 heteroatoms. The number of halogens is 1. The molecule has 1 N–H and O–H groups in total. The standard InChI is InChI=1S/C11H11ClN4O2/c12-9-8-7(1-2-13-9)10(17)15-11(14-8)16-3-5-18-6-4-16/h1-2H,3-6H2,(H,14,15,17). The second-order valence-electron chi connectivity index (χ2n) is 3.99. The lowest BCUT2D eigenvalue weighted by Crippen LogP contribution is -2.38. The first-order chi connectivity index (χ1) is 8.75. The lowest BCUT2D eigenvalue weighted by atomic mass is 10.3. The van der Waals surface area contributed by atoms with Gasteiger partial charge in [-0.25, -0.2) is 9.97 Å². The van der Waals surface area contributed by atoms with E-state index in [1.54, 1.807) is 6.07 Å². The number of hydrogen-bond acceptors (Lipinski definition) is 5. The molecule has 0 spiro atoms. The maximum Gasteiger partial charge on any atom is 0.260 e. The first kappa shape index (κ1) is 11.4. The summed E-state index contributed by atoms with van der Waals surface area (Å²) in [5.41, 5.74) is 0.232. The summed E-state index contributed by atoms with van der Waals surface area (Å²) >= 11 is 5.97. The van der Waals surface area contributed by atoms with E-state index < -0.39 is 0 Å². The maximum atomic E-state index is 12.0. The van der Waals surface area contributed by atoms with Crippen LogP contribution in [0.2, 0.25) is 5.15 Å². The Labute approximate surface area is 108 Å². The van der Waals surface area contributed by atoms with Crippen LogP contribution in [0.1, 0.15) is 0 Å². The van der Waals surface area contributed by atoms with Crippen molar-refractivity contribution in [2.24, 2.45) is 0 Å². The molecule has 3 heterocycles. The Hall–Kier alpha value is -1.66. The number of nitrogens with one attached hydrogen (secondary N) is 1. The highest BCUT2D eigenvalue weighted by Gasteiger charge is 2.15. The fraction of sp³-hybridized carbons (Fsp3) is 0.364. The summed E-state index contributed by atoms with van der Waals surface area (Å²) in [5.74, 6) is 0.519. The molecule has 3 rings (SSSR count). The Morgan fingerprint density at radius 2 is 2.17 bits per heavy atom. The first-order valence-electron chi connectivity index (χ1n) is 5.63. The minimum absolute atomic E-state index is 0.203. The molecule has 0 aliphatic carbocycles. The molecule has 0 amide bonds. The number of pyridine rings is 1. The average molecular weight is 267 g/mol. The molecule has 0 aromatic carbocycles. The van der Waals surface area contributed by atoms with Gasteiger partial charge in [-0.15, -0.1) is 0 Å². The quantitative estimate of drug-likeness (QED) is 0.774. The topological polar surface area (TPSA) is 71.1 Å². The number of aromatic nitrogens is 3. The number of ether oxygens (including phenoxy) is 1. The van der Waals surface area contributed by atoms with E-state index >= 15 is 0 Å². The van der Waals surface area contributed by atoms with Gasteiger partial charge in [0.25, 0.3) is 5.56 Å². The van der Waals surface area contributed by atoms with Crippen molar-refractivity contribution >= 4 is 28.5 Å². The van der Waals surface area contributed by atoms with Gasteiger partial charge in [0.2, 0.25) is 5.95 Å². The van der Waals surface area contributed by atoms with Gasteiger partial charge >= 0.3 is 0 Å². The Kier molecular flexibility index (Phi) is 2.89. The third-order valence-corrected chi connectivity index (χ3v) is 3.15. The third-order valence-electron chi connectivity index (χ3n) is 2.88. The monoisotopic (exact) mass is 266 g/mol. The van der Waals surface area contributed by atoms with Crippen molar-refractivity contribution in [2.75, 3.05) is 31.2 Å². The van der Waals surface area contributed by atoms with Crippen molar-refractivity contribution in [3.05, 3.63) is 27.8 Å². The third kappa shape index (κ3) is 1.93. The van der Waals surface area contributed by atoms with Gasteiger partial charge in [0, 0.05) is 19.3 Å². The molecule has 0 saturated carbocycles. The van der Waals surface area contributed by atoms with E-state index in [2.05, 4.69) is 15.0 Å². The van der Waals surface area contributed by atoms with Crippen molar-refractivity contribution < 1.29 is 4.74 Å². The number of fused-ring (bicyclic) bond motifs is 1. The predicted octanol–water partition coefficient (Wildman–Crippen LogP) is 0.808. The fourth-order valence-electron chi connectivity index (χ4n) is 1.95. The normalized spacial score (nSPS) is 16.2. The van der Waals surface area contributed by atoms with Crippen molar-refractivity contribution in [2.45, 2.75) is 0 Å². The number of rotatable bonds is 1. The summed E-state index contributed by atoms with van der Waals surface area (Å²) < 4.78 is 5.26. The highest BCUT2D eigenvalue weighted by Crippen LogP contribution is 2.18. The van der Waals surface area contributed by atoms with Crippen LogP contribution >= 0.6 is 11.6 Å². The second-order valence-corrected chi connectivity index (χ2v) is 4.34. The summed E-state index contributed by atoms with van der Waals surface area (Å²) in [6, 6.07) is 1.61. The fourth-order valence-corrected chi connectivity index (χ4v) is 2.15. The molecule has 18 heavy (non-hydrogen) atoms. The van der Waals surface area contributed by atoms with E-state index in [4.69, 9.17) is 16.3 Å². The van der Waals surface area contributed by atoms with E-state index in [0.717, 1.165) is 0 Å². The van der Waals surface area contributed by atoms with Crippen molar-refractivity contribution in [3.8, 4) is 0 Å². The van der Waals surface area contributed by atoms with Crippen molar-refractivity contribution in [3.63, 3.8) is 0 Å². The van der Waals surface area contributed by atoms with Crippen LogP contribution in [0.15, 0.2) is 17.1 Å². The van der Waals surface area contributed by atoms with E-state index in [9.17, 15) is 4.79 Å². The van der Waals surface area contributed by atoms with Gasteiger partial charge in [-0.1, -0.05) is 11.6 Å². The van der Waals surface area contributed by atoms with Gasteiger partial charge in [-0.3, -0.25) is 9.78 Å². The molecule has 2 aromatic heterocycles. The zero-order valence-electron chi connectivity index (χ0n) is 9.52. The van der Waals surface area contributed by atoms with Crippen molar-refractivity contribution in [1.29, 1.82) is 0 Å². The first-order valence-corrected chi connectivity index (χ1v) is 6.01. The molecule has 1 fully saturated rings. The van der Waals surface area contributed by atoms with Gasteiger partial charge in [0.15, 0.2) is 5.15 Å². The van der Waals surface area contributed by atoms with E-state index in [0.29, 0.717) is 43.2 Å². The molecule has 1 aliphatic rings. The number of aromatic amines is 1. The molecule has 0 radical (unpaired) electrons. The molecule has 94 valence electrons. The number of H-pyrrole nitrogens is 1. The molecule has 0 unspecified atom stereocenters. The van der Waals surface area contributed by atoms with Crippen LogP contribution < -0.4 is 10.5 Å². The van der Waals surface area contributed by atoms with Crippen LogP contribution in [0, 0.1) is 0 Å². The van der Waals surface area contributed by atoms with Gasteiger partial charge in [0.1, 0.15) is 5.52 Å². The molecule has 1 saturated heterocycles. The lowest BCUT2D eigenvalue weighted by Gasteiger charge is -2.27. The Bertz CT molecular complexity index is 636. The highest BCUT2D eigenvalue weighted by molar-refractivity contribution is 6.33. The zero-order valence-corrected chi connectivity index (χ0v) is 10.3. The maximum absolute atomic E-state index is 12.0. The summed E-state index contributed by atoms with van der Waals surface area (Å²) in [5, 5.41) is 0.695. The smallest absolute Gasteiger partial charge is 0.260 e. The van der Waals surface area contributed by atoms with Crippen LogP contribution in [0.3, 0.4) is 0 Å². The minimum Gasteiger partial charge on any atom is -0.378 e. The Balaban J connectivity index is 2.14. The van der Waals surface area contributed by atoms with E-state index in [1.807, 2.05) is 4.90 Å². The molecule has 6 nitrogen and oxygen atoms in total. The molecular formula is C11H11ClN4O2. The van der Waals surface area contributed by atoms with Gasteiger partial charge < -0.3 is 9.64 Å². The molecule has 1 aliphatic heterocycles. The van der Waals surface area contributed by atoms with Crippen LogP contribution in [-0.4, -0.2) is 41.3 Å². The van der Waals surface area contributed by atoms with Gasteiger partial charge in [0.05, 0.1) is 18.6 Å². The van der Waals surface area contributed by atoms with Crippen LogP contribution in [-0.2, 0) is 4.74 Å². The van der Waals surface area contributed by atoms with Gasteiger partial charge in [-0.2, -0.15) is 0 Å². The number of morpholine rings is 1. The number of anilines is 1. The average Bonchev–Trinajstić information content (AvgIpc) is 2.41. The largest absolute Gasteiger partial charge is 0.378 e. The second kappa shape index (κ2) is 4.55. The minimum atomic E-state index is -0.203. The Morgan fingerprint density at radius 1 is 1.39 bits per heavy atom. The molecule has 0 bridgehead atoms. The van der Waals surface area contributed by atoms with Crippen LogP contribution in [0.4, 0.5) is 5.95 Å². The summed E-state index contributed by atoms with van der Waals surface area (Å²) in [4.78, 5) is 25.0. The zero-order chi connectivity index (χ0) is 12.5. The molecule has 2 aromatic rings. The summed E-state index contributed by atoms with van der Waals surface area (Å²) in [6.45, 7) is 2.66. The van der Waals surface area contributed by atoms with E-state index in [1.165, 1.54) is 6.20 Å². The number of hydrogen-bond donors (Lipinski definition) is 1. The van der Waals surface area contributed by atoms with Crippen LogP contribution in [0.25, 0.3) is 10.9 Å². The number of nitrogens with zero attached hydrogens (tertiary/aromatic N) is 3. The van der Waals surface area contributed by atoms with E-state index in [-0.39, 0.29) is 10.7 Å². The molecule has 0 atom stereocenters. The lowest BCUT2D eigenvalue weighted by molar-refractivity contribution is 0.122. The Morgan fingerprint density at radius 3 is 2.94 bits per heavy atom. The molecular weight excluding hydrogens is 256 g/mol. The SMILES string of the molecule is O=c1[nH]c(N2CCOCC2)nc2c(Cl)nccc12. The van der Waals surface area contributed by atoms with Gasteiger partial charge in [-0.05, 0) is 6.07 Å². The predicted molar refractivity (Wildman–Crippen MR) is 68.2 cm³/mol. The highest BCUT2D eigenvalue weighted by atomic mass is 35.5.